The lowest BCUT2D eigenvalue weighted by Crippen LogP contribution is -2.23. The summed E-state index contributed by atoms with van der Waals surface area (Å²) in [4.78, 5) is 16.5. The van der Waals surface area contributed by atoms with Crippen LogP contribution < -0.4 is 5.32 Å². The van der Waals surface area contributed by atoms with E-state index >= 15 is 0 Å². The van der Waals surface area contributed by atoms with E-state index in [9.17, 15) is 4.79 Å². The van der Waals surface area contributed by atoms with Crippen LogP contribution in [0.25, 0.3) is 10.6 Å². The first kappa shape index (κ1) is 17.0. The fraction of sp³-hybridized carbons (Fsp3) is 0.111. The molecule has 27 heavy (non-hydrogen) atoms. The highest BCUT2D eigenvalue weighted by Crippen LogP contribution is 2.22. The maximum atomic E-state index is 12.3. The molecule has 0 radical (unpaired) electrons. The highest BCUT2D eigenvalue weighted by molar-refractivity contribution is 7.14. The third kappa shape index (κ3) is 4.21. The monoisotopic (exact) mass is 377 g/mol. The maximum absolute atomic E-state index is 12.3. The number of rotatable bonds is 6. The predicted molar refractivity (Wildman–Crippen MR) is 99.9 cm³/mol. The summed E-state index contributed by atoms with van der Waals surface area (Å²) in [6.07, 6.45) is 3.31. The molecule has 0 aliphatic heterocycles. The molecule has 0 atom stereocenters. The van der Waals surface area contributed by atoms with Crippen LogP contribution in [0.1, 0.15) is 21.2 Å². The minimum Gasteiger partial charge on any atom is -0.344 e. The Kier molecular flexibility index (Phi) is 4.93. The fourth-order valence-electron chi connectivity index (χ4n) is 2.41. The summed E-state index contributed by atoms with van der Waals surface area (Å²) in [5.41, 5.74) is 2.10. The first-order valence-corrected chi connectivity index (χ1v) is 9.05. The zero-order chi connectivity index (χ0) is 18.5. The van der Waals surface area contributed by atoms with Crippen molar-refractivity contribution < 1.29 is 4.79 Å². The molecule has 3 heterocycles. The van der Waals surface area contributed by atoms with Gasteiger partial charge in [-0.1, -0.05) is 52.9 Å². The second-order valence-electron chi connectivity index (χ2n) is 5.67. The average molecular weight is 377 g/mol. The number of hydrogen-bond donors (Lipinski definition) is 1. The van der Waals surface area contributed by atoms with E-state index in [1.807, 2.05) is 48.5 Å². The van der Waals surface area contributed by atoms with Crippen molar-refractivity contribution in [3.63, 3.8) is 0 Å². The zero-order valence-electron chi connectivity index (χ0n) is 14.2. The zero-order valence-corrected chi connectivity index (χ0v) is 15.0. The summed E-state index contributed by atoms with van der Waals surface area (Å²) in [5.74, 6) is -0.307. The van der Waals surface area contributed by atoms with Crippen molar-refractivity contribution in [3.05, 3.63) is 77.3 Å². The van der Waals surface area contributed by atoms with Gasteiger partial charge in [0.2, 0.25) is 0 Å². The summed E-state index contributed by atoms with van der Waals surface area (Å²) in [7, 11) is 0. The first-order valence-electron chi connectivity index (χ1n) is 8.24. The summed E-state index contributed by atoms with van der Waals surface area (Å²) in [5, 5.41) is 20.5. The molecular weight excluding hydrogens is 362 g/mol. The van der Waals surface area contributed by atoms with Crippen LogP contribution in [0.3, 0.4) is 0 Å². The maximum Gasteiger partial charge on any atom is 0.273 e. The summed E-state index contributed by atoms with van der Waals surface area (Å²) in [6, 6.07) is 15.4. The highest BCUT2D eigenvalue weighted by Gasteiger charge is 2.13. The van der Waals surface area contributed by atoms with Gasteiger partial charge in [0, 0.05) is 11.8 Å². The molecule has 4 aromatic rings. The minimum atomic E-state index is -0.307. The van der Waals surface area contributed by atoms with Gasteiger partial charge in [-0.05, 0) is 12.1 Å². The Bertz CT molecular complexity index is 1030. The molecule has 0 saturated carbocycles. The lowest BCUT2D eigenvalue weighted by atomic mass is 10.2. The van der Waals surface area contributed by atoms with Crippen molar-refractivity contribution >= 4 is 17.2 Å². The van der Waals surface area contributed by atoms with Gasteiger partial charge in [0.25, 0.3) is 5.91 Å². The van der Waals surface area contributed by atoms with Crippen LogP contribution in [0.5, 0.6) is 0 Å². The number of hydrogen-bond acceptors (Lipinski definition) is 7. The Hall–Kier alpha value is -3.46. The molecule has 0 aliphatic carbocycles. The second-order valence-corrected chi connectivity index (χ2v) is 6.73. The van der Waals surface area contributed by atoms with Crippen LogP contribution in [-0.2, 0) is 13.1 Å². The first-order chi connectivity index (χ1) is 13.3. The molecule has 0 fully saturated rings. The number of carbonyl (C=O) groups excluding carboxylic acids is 1. The van der Waals surface area contributed by atoms with E-state index in [2.05, 4.69) is 30.8 Å². The average Bonchev–Trinajstić information content (AvgIpc) is 3.37. The second kappa shape index (κ2) is 7.83. The predicted octanol–water partition coefficient (Wildman–Crippen LogP) is 2.17. The van der Waals surface area contributed by atoms with E-state index in [0.717, 1.165) is 21.3 Å². The van der Waals surface area contributed by atoms with E-state index in [-0.39, 0.29) is 18.1 Å². The van der Waals surface area contributed by atoms with Crippen molar-refractivity contribution in [2.75, 3.05) is 0 Å². The van der Waals surface area contributed by atoms with E-state index in [1.54, 1.807) is 17.1 Å². The quantitative estimate of drug-likeness (QED) is 0.553. The standard InChI is InChI=1S/C18H15N7OS/c26-17(15-12-25(24-21-15)11-14-8-4-5-9-19-14)20-10-16-22-23-18(27-16)13-6-2-1-3-7-13/h1-9,12H,10-11H2,(H,20,26). The molecule has 8 nitrogen and oxygen atoms in total. The molecule has 0 saturated heterocycles. The Labute approximate surface area is 158 Å². The molecule has 1 N–H and O–H groups in total. The molecular formula is C18H15N7OS. The van der Waals surface area contributed by atoms with Gasteiger partial charge in [0.15, 0.2) is 5.69 Å². The molecule has 0 bridgehead atoms. The molecule has 1 amide bonds. The summed E-state index contributed by atoms with van der Waals surface area (Å²) < 4.78 is 1.58. The number of pyridine rings is 1. The molecule has 9 heteroatoms. The molecule has 3 aromatic heterocycles. The van der Waals surface area contributed by atoms with Gasteiger partial charge in [-0.15, -0.1) is 15.3 Å². The van der Waals surface area contributed by atoms with Gasteiger partial charge in [0.05, 0.1) is 25.0 Å². The van der Waals surface area contributed by atoms with Crippen molar-refractivity contribution in [2.24, 2.45) is 0 Å². The third-order valence-electron chi connectivity index (χ3n) is 3.71. The van der Waals surface area contributed by atoms with Crippen LogP contribution in [0.2, 0.25) is 0 Å². The summed E-state index contributed by atoms with van der Waals surface area (Å²) in [6.45, 7) is 0.744. The van der Waals surface area contributed by atoms with Crippen molar-refractivity contribution in [1.82, 2.24) is 35.5 Å². The Morgan fingerprint density at radius 3 is 2.70 bits per heavy atom. The number of aromatic nitrogens is 6. The molecule has 0 unspecified atom stereocenters. The van der Waals surface area contributed by atoms with Crippen LogP contribution in [0, 0.1) is 0 Å². The van der Waals surface area contributed by atoms with Gasteiger partial charge in [-0.25, -0.2) is 4.68 Å². The van der Waals surface area contributed by atoms with Gasteiger partial charge in [0.1, 0.15) is 10.0 Å². The molecule has 0 aliphatic rings. The van der Waals surface area contributed by atoms with Gasteiger partial charge in [-0.3, -0.25) is 9.78 Å². The number of nitrogens with zero attached hydrogens (tertiary/aromatic N) is 6. The van der Waals surface area contributed by atoms with E-state index in [1.165, 1.54) is 11.3 Å². The Morgan fingerprint density at radius 1 is 1.04 bits per heavy atom. The number of nitrogens with one attached hydrogen (secondary N) is 1. The van der Waals surface area contributed by atoms with E-state index in [4.69, 9.17) is 0 Å². The van der Waals surface area contributed by atoms with Crippen LogP contribution in [0.4, 0.5) is 0 Å². The van der Waals surface area contributed by atoms with Crippen LogP contribution >= 0.6 is 11.3 Å². The third-order valence-corrected chi connectivity index (χ3v) is 4.68. The smallest absolute Gasteiger partial charge is 0.273 e. The van der Waals surface area contributed by atoms with Crippen LogP contribution in [0.15, 0.2) is 60.9 Å². The fourth-order valence-corrected chi connectivity index (χ4v) is 3.19. The minimum absolute atomic E-state index is 0.249. The molecule has 134 valence electrons. The Morgan fingerprint density at radius 2 is 1.89 bits per heavy atom. The normalized spacial score (nSPS) is 10.7. The number of amides is 1. The molecule has 4 rings (SSSR count). The lowest BCUT2D eigenvalue weighted by Gasteiger charge is -1.99. The largest absolute Gasteiger partial charge is 0.344 e. The molecule has 1 aromatic carbocycles. The number of benzene rings is 1. The van der Waals surface area contributed by atoms with Crippen LogP contribution in [-0.4, -0.2) is 36.1 Å². The van der Waals surface area contributed by atoms with E-state index in [0.29, 0.717) is 6.54 Å². The van der Waals surface area contributed by atoms with Gasteiger partial charge in [-0.2, -0.15) is 0 Å². The highest BCUT2D eigenvalue weighted by atomic mass is 32.1. The molecule has 0 spiro atoms. The van der Waals surface area contributed by atoms with Crippen molar-refractivity contribution in [3.8, 4) is 10.6 Å². The lowest BCUT2D eigenvalue weighted by molar-refractivity contribution is 0.0945. The topological polar surface area (TPSA) is 98.5 Å². The van der Waals surface area contributed by atoms with Gasteiger partial charge < -0.3 is 5.32 Å². The summed E-state index contributed by atoms with van der Waals surface area (Å²) >= 11 is 1.44. The van der Waals surface area contributed by atoms with E-state index < -0.39 is 0 Å². The Balaban J connectivity index is 1.35. The SMILES string of the molecule is O=C(NCc1nnc(-c2ccccc2)s1)c1cn(Cc2ccccn2)nn1. The van der Waals surface area contributed by atoms with Crippen molar-refractivity contribution in [1.29, 1.82) is 0 Å². The van der Waals surface area contributed by atoms with Gasteiger partial charge >= 0.3 is 0 Å². The number of carbonyl (C=O) groups is 1. The van der Waals surface area contributed by atoms with Crippen molar-refractivity contribution in [2.45, 2.75) is 13.1 Å².